The number of thiophene rings is 1. The molecule has 7 nitrogen and oxygen atoms in total. The molecule has 0 bridgehead atoms. The smallest absolute Gasteiger partial charge is 0.322 e. The number of halogens is 2. The summed E-state index contributed by atoms with van der Waals surface area (Å²) in [6.45, 7) is -0.0429. The van der Waals surface area contributed by atoms with Gasteiger partial charge in [-0.3, -0.25) is 10.1 Å². The molecule has 3 amide bonds. The average molecular weight is 551 g/mol. The number of rotatable bonds is 4. The number of amides is 3. The summed E-state index contributed by atoms with van der Waals surface area (Å²) in [4.78, 5) is 25.8. The first-order valence-electron chi connectivity index (χ1n) is 9.20. The maximum atomic E-state index is 13.8. The van der Waals surface area contributed by atoms with Crippen LogP contribution in [0.25, 0.3) is 20.9 Å². The van der Waals surface area contributed by atoms with Crippen molar-refractivity contribution in [2.75, 3.05) is 7.11 Å². The Morgan fingerprint density at radius 1 is 1.23 bits per heavy atom. The zero-order chi connectivity index (χ0) is 21.9. The van der Waals surface area contributed by atoms with Crippen LogP contribution in [0.3, 0.4) is 0 Å². The van der Waals surface area contributed by atoms with Gasteiger partial charge in [-0.25, -0.2) is 9.18 Å². The third-order valence-corrected chi connectivity index (χ3v) is 8.21. The molecule has 10 heteroatoms. The molecule has 1 aliphatic rings. The minimum absolute atomic E-state index is 0.0429. The molecular formula is C21H15FIN3O4S. The van der Waals surface area contributed by atoms with Gasteiger partial charge < -0.3 is 19.7 Å². The van der Waals surface area contributed by atoms with Gasteiger partial charge >= 0.3 is 6.03 Å². The van der Waals surface area contributed by atoms with E-state index in [9.17, 15) is 19.1 Å². The molecule has 3 heterocycles. The van der Waals surface area contributed by atoms with E-state index in [2.05, 4.69) is 33.2 Å². The van der Waals surface area contributed by atoms with Gasteiger partial charge in [-0.2, -0.15) is 0 Å². The lowest BCUT2D eigenvalue weighted by Crippen LogP contribution is -2.47. The van der Waals surface area contributed by atoms with Gasteiger partial charge in [0, 0.05) is 30.6 Å². The predicted octanol–water partition coefficient (Wildman–Crippen LogP) is 4.05. The van der Waals surface area contributed by atoms with Gasteiger partial charge in [0.25, 0.3) is 5.91 Å². The van der Waals surface area contributed by atoms with Crippen molar-refractivity contribution in [1.29, 1.82) is 0 Å². The van der Waals surface area contributed by atoms with Crippen molar-refractivity contribution >= 4 is 66.7 Å². The van der Waals surface area contributed by atoms with Crippen LogP contribution in [0.5, 0.6) is 11.6 Å². The van der Waals surface area contributed by atoms with Crippen LogP contribution >= 0.6 is 33.9 Å². The van der Waals surface area contributed by atoms with Gasteiger partial charge in [0.1, 0.15) is 11.6 Å². The third-order valence-electron chi connectivity index (χ3n) is 5.39. The molecule has 0 spiro atoms. The maximum Gasteiger partial charge on any atom is 0.322 e. The van der Waals surface area contributed by atoms with Crippen molar-refractivity contribution in [3.63, 3.8) is 0 Å². The van der Waals surface area contributed by atoms with E-state index < -0.39 is 17.5 Å². The SMILES string of the molecule is COc1ccc2cn(C[C@@]3(c4sc5ccc(F)cc5c4I)NC(=O)NC3=O)c(O)c2c1. The van der Waals surface area contributed by atoms with Crippen LogP contribution in [0.2, 0.25) is 0 Å². The monoisotopic (exact) mass is 551 g/mol. The van der Waals surface area contributed by atoms with E-state index in [1.807, 2.05) is 0 Å². The molecule has 1 fully saturated rings. The fourth-order valence-electron chi connectivity index (χ4n) is 3.88. The summed E-state index contributed by atoms with van der Waals surface area (Å²) in [6, 6.07) is 9.07. The third kappa shape index (κ3) is 3.04. The van der Waals surface area contributed by atoms with Crippen molar-refractivity contribution in [2.24, 2.45) is 0 Å². The van der Waals surface area contributed by atoms with Crippen LogP contribution < -0.4 is 15.4 Å². The van der Waals surface area contributed by atoms with E-state index in [1.165, 1.54) is 35.1 Å². The summed E-state index contributed by atoms with van der Waals surface area (Å²) in [5, 5.41) is 17.9. The molecule has 1 saturated heterocycles. The molecular weight excluding hydrogens is 536 g/mol. The lowest BCUT2D eigenvalue weighted by Gasteiger charge is -2.26. The molecule has 4 aromatic rings. The molecule has 3 N–H and O–H groups in total. The molecule has 31 heavy (non-hydrogen) atoms. The maximum absolute atomic E-state index is 13.8. The molecule has 0 unspecified atom stereocenters. The van der Waals surface area contributed by atoms with E-state index >= 15 is 0 Å². The molecule has 5 rings (SSSR count). The Hall–Kier alpha value is -2.86. The lowest BCUT2D eigenvalue weighted by atomic mass is 9.97. The van der Waals surface area contributed by atoms with E-state index in [1.54, 1.807) is 30.5 Å². The largest absolute Gasteiger partial charge is 0.497 e. The highest BCUT2D eigenvalue weighted by atomic mass is 127. The Balaban J connectivity index is 1.69. The Morgan fingerprint density at radius 3 is 2.74 bits per heavy atom. The van der Waals surface area contributed by atoms with Crippen molar-refractivity contribution in [2.45, 2.75) is 12.1 Å². The topological polar surface area (TPSA) is 92.6 Å². The predicted molar refractivity (Wildman–Crippen MR) is 123 cm³/mol. The van der Waals surface area contributed by atoms with Crippen LogP contribution in [0.4, 0.5) is 9.18 Å². The number of fused-ring (bicyclic) bond motifs is 2. The minimum atomic E-state index is -1.45. The van der Waals surface area contributed by atoms with E-state index in [0.717, 1.165) is 10.1 Å². The number of hydrogen-bond donors (Lipinski definition) is 3. The molecule has 1 atom stereocenters. The molecule has 1 aliphatic heterocycles. The standard InChI is InChI=1S/C21H15FIN3O4S/c1-30-12-4-2-10-8-26(18(27)13(10)7-12)9-21(19(28)24-20(29)25-21)17-16(23)14-6-11(22)3-5-15(14)31-17/h2-8,27H,9H2,1H3,(H2,24,25,28,29)/t21-/m0/s1. The minimum Gasteiger partial charge on any atom is -0.497 e. The van der Waals surface area contributed by atoms with Crippen LogP contribution in [0.1, 0.15) is 4.88 Å². The normalized spacial score (nSPS) is 18.5. The van der Waals surface area contributed by atoms with Crippen LogP contribution in [0, 0.1) is 9.39 Å². The number of nitrogens with one attached hydrogen (secondary N) is 2. The number of urea groups is 1. The first-order valence-corrected chi connectivity index (χ1v) is 11.1. The van der Waals surface area contributed by atoms with Crippen LogP contribution in [-0.4, -0.2) is 28.7 Å². The highest BCUT2D eigenvalue weighted by molar-refractivity contribution is 14.1. The number of ether oxygens (including phenoxy) is 1. The Kier molecular flexibility index (Phi) is 4.59. The summed E-state index contributed by atoms with van der Waals surface area (Å²) in [5.41, 5.74) is -1.45. The fraction of sp³-hybridized carbons (Fsp3) is 0.143. The van der Waals surface area contributed by atoms with E-state index in [4.69, 9.17) is 4.74 Å². The number of nitrogens with zero attached hydrogens (tertiary/aromatic N) is 1. The van der Waals surface area contributed by atoms with Crippen molar-refractivity contribution in [3.8, 4) is 11.6 Å². The second kappa shape index (κ2) is 7.09. The number of imide groups is 1. The van der Waals surface area contributed by atoms with E-state index in [0.29, 0.717) is 25.0 Å². The quantitative estimate of drug-likeness (QED) is 0.264. The van der Waals surface area contributed by atoms with Gasteiger partial charge in [0.2, 0.25) is 0 Å². The first kappa shape index (κ1) is 20.1. The fourth-order valence-corrected chi connectivity index (χ4v) is 6.51. The summed E-state index contributed by atoms with van der Waals surface area (Å²) in [6.07, 6.45) is 1.71. The Bertz CT molecular complexity index is 1400. The van der Waals surface area contributed by atoms with Gasteiger partial charge in [-0.15, -0.1) is 11.3 Å². The molecule has 0 radical (unpaired) electrons. The van der Waals surface area contributed by atoms with Crippen LogP contribution in [-0.2, 0) is 16.9 Å². The second-order valence-electron chi connectivity index (χ2n) is 7.23. The number of carbonyl (C=O) groups excluding carboxylic acids is 2. The molecule has 0 saturated carbocycles. The van der Waals surface area contributed by atoms with Gasteiger partial charge in [-0.1, -0.05) is 0 Å². The molecule has 158 valence electrons. The highest BCUT2D eigenvalue weighted by Crippen LogP contribution is 2.42. The number of benzene rings is 2. The highest BCUT2D eigenvalue weighted by Gasteiger charge is 2.51. The molecule has 2 aromatic carbocycles. The van der Waals surface area contributed by atoms with Crippen molar-refractivity contribution < 1.29 is 23.8 Å². The Labute approximate surface area is 192 Å². The zero-order valence-corrected chi connectivity index (χ0v) is 19.0. The van der Waals surface area contributed by atoms with Gasteiger partial charge in [0.05, 0.1) is 18.5 Å². The number of hydrogen-bond acceptors (Lipinski definition) is 5. The summed E-state index contributed by atoms with van der Waals surface area (Å²) in [7, 11) is 1.54. The first-order chi connectivity index (χ1) is 14.8. The average Bonchev–Trinajstić information content (AvgIpc) is 3.34. The van der Waals surface area contributed by atoms with Crippen molar-refractivity contribution in [3.05, 3.63) is 56.9 Å². The number of aromatic nitrogens is 1. The molecule has 0 aliphatic carbocycles. The number of carbonyl (C=O) groups is 2. The number of aromatic hydroxyl groups is 1. The molecule has 2 aromatic heterocycles. The summed E-state index contributed by atoms with van der Waals surface area (Å²) in [5.74, 6) is -0.378. The van der Waals surface area contributed by atoms with Crippen LogP contribution in [0.15, 0.2) is 42.6 Å². The number of methoxy groups -OCH3 is 1. The second-order valence-corrected chi connectivity index (χ2v) is 9.36. The lowest BCUT2D eigenvalue weighted by molar-refractivity contribution is -0.124. The van der Waals surface area contributed by atoms with Crippen molar-refractivity contribution in [1.82, 2.24) is 15.2 Å². The Morgan fingerprint density at radius 2 is 2.03 bits per heavy atom. The summed E-state index contributed by atoms with van der Waals surface area (Å²) >= 11 is 3.37. The zero-order valence-electron chi connectivity index (χ0n) is 16.0. The van der Waals surface area contributed by atoms with E-state index in [-0.39, 0.29) is 18.2 Å². The summed E-state index contributed by atoms with van der Waals surface area (Å²) < 4.78 is 22.0. The van der Waals surface area contributed by atoms with Gasteiger partial charge in [-0.05, 0) is 59.0 Å². The van der Waals surface area contributed by atoms with Gasteiger partial charge in [0.15, 0.2) is 11.4 Å².